The van der Waals surface area contributed by atoms with Crippen LogP contribution in [0, 0.1) is 0 Å². The summed E-state index contributed by atoms with van der Waals surface area (Å²) in [7, 11) is 0. The molecule has 1 amide bonds. The SMILES string of the molecule is C=C(C)C(=O)OCCNC(=O)C(C)(Cl)Cl. The van der Waals surface area contributed by atoms with Crippen molar-refractivity contribution in [2.45, 2.75) is 18.2 Å². The summed E-state index contributed by atoms with van der Waals surface area (Å²) in [6.45, 7) is 6.51. The Balaban J connectivity index is 3.69. The molecule has 0 heterocycles. The first kappa shape index (κ1) is 14.3. The molecule has 4 nitrogen and oxygen atoms in total. The third-order valence-corrected chi connectivity index (χ3v) is 1.71. The van der Waals surface area contributed by atoms with E-state index in [4.69, 9.17) is 27.9 Å². The summed E-state index contributed by atoms with van der Waals surface area (Å²) in [6.07, 6.45) is 0. The van der Waals surface area contributed by atoms with Crippen LogP contribution in [-0.2, 0) is 14.3 Å². The van der Waals surface area contributed by atoms with Gasteiger partial charge in [0, 0.05) is 5.57 Å². The molecule has 0 aliphatic rings. The van der Waals surface area contributed by atoms with E-state index in [0.717, 1.165) is 0 Å². The zero-order chi connectivity index (χ0) is 12.1. The molecule has 0 bridgehead atoms. The highest BCUT2D eigenvalue weighted by molar-refractivity contribution is 6.57. The molecule has 0 aromatic carbocycles. The molecule has 0 rings (SSSR count). The minimum absolute atomic E-state index is 0.0568. The van der Waals surface area contributed by atoms with Gasteiger partial charge < -0.3 is 10.1 Å². The van der Waals surface area contributed by atoms with Gasteiger partial charge in [-0.2, -0.15) is 0 Å². The average molecular weight is 254 g/mol. The Kier molecular flexibility index (Phi) is 5.68. The van der Waals surface area contributed by atoms with E-state index in [-0.39, 0.29) is 13.2 Å². The number of hydrogen-bond acceptors (Lipinski definition) is 3. The highest BCUT2D eigenvalue weighted by atomic mass is 35.5. The molecule has 0 aromatic rings. The smallest absolute Gasteiger partial charge is 0.333 e. The van der Waals surface area contributed by atoms with Gasteiger partial charge in [-0.05, 0) is 13.8 Å². The summed E-state index contributed by atoms with van der Waals surface area (Å²) in [4.78, 5) is 22.0. The van der Waals surface area contributed by atoms with Crippen LogP contribution in [0.1, 0.15) is 13.8 Å². The molecular weight excluding hydrogens is 241 g/mol. The van der Waals surface area contributed by atoms with Gasteiger partial charge in [0.25, 0.3) is 5.91 Å². The van der Waals surface area contributed by atoms with Crippen LogP contribution >= 0.6 is 23.2 Å². The summed E-state index contributed by atoms with van der Waals surface area (Å²) in [6, 6.07) is 0. The quantitative estimate of drug-likeness (QED) is 0.349. The lowest BCUT2D eigenvalue weighted by Gasteiger charge is -2.13. The van der Waals surface area contributed by atoms with Crippen LogP contribution in [0.3, 0.4) is 0 Å². The normalized spacial score (nSPS) is 10.7. The molecule has 0 spiro atoms. The highest BCUT2D eigenvalue weighted by Gasteiger charge is 2.26. The maximum absolute atomic E-state index is 11.1. The van der Waals surface area contributed by atoms with Crippen molar-refractivity contribution >= 4 is 35.1 Å². The number of ether oxygens (including phenoxy) is 1. The van der Waals surface area contributed by atoms with E-state index in [2.05, 4.69) is 11.9 Å². The number of halogens is 2. The maximum atomic E-state index is 11.1. The first-order valence-electron chi connectivity index (χ1n) is 4.24. The number of carbonyl (C=O) groups excluding carboxylic acids is 2. The molecule has 86 valence electrons. The van der Waals surface area contributed by atoms with Gasteiger partial charge in [0.1, 0.15) is 6.61 Å². The number of rotatable bonds is 5. The second-order valence-electron chi connectivity index (χ2n) is 3.06. The predicted octanol–water partition coefficient (Wildman–Crippen LogP) is 1.42. The van der Waals surface area contributed by atoms with Crippen LogP contribution in [0.25, 0.3) is 0 Å². The Labute approximate surface area is 98.6 Å². The minimum atomic E-state index is -1.47. The van der Waals surface area contributed by atoms with Crippen molar-refractivity contribution in [2.24, 2.45) is 0 Å². The van der Waals surface area contributed by atoms with Crippen molar-refractivity contribution in [1.29, 1.82) is 0 Å². The van der Waals surface area contributed by atoms with E-state index in [0.29, 0.717) is 5.57 Å². The monoisotopic (exact) mass is 253 g/mol. The zero-order valence-corrected chi connectivity index (χ0v) is 10.1. The molecule has 0 aliphatic carbocycles. The highest BCUT2D eigenvalue weighted by Crippen LogP contribution is 2.18. The van der Waals surface area contributed by atoms with E-state index in [1.165, 1.54) is 13.8 Å². The van der Waals surface area contributed by atoms with Crippen molar-refractivity contribution in [3.63, 3.8) is 0 Å². The topological polar surface area (TPSA) is 55.4 Å². The van der Waals surface area contributed by atoms with E-state index in [1.54, 1.807) is 0 Å². The first-order valence-corrected chi connectivity index (χ1v) is 4.99. The Morgan fingerprint density at radius 2 is 2.00 bits per heavy atom. The fourth-order valence-electron chi connectivity index (χ4n) is 0.587. The van der Waals surface area contributed by atoms with Crippen LogP contribution < -0.4 is 5.32 Å². The van der Waals surface area contributed by atoms with Gasteiger partial charge in [-0.1, -0.05) is 29.8 Å². The van der Waals surface area contributed by atoms with Gasteiger partial charge in [-0.3, -0.25) is 4.79 Å². The molecule has 0 atom stereocenters. The summed E-state index contributed by atoms with van der Waals surface area (Å²) < 4.78 is 3.25. The molecule has 0 fully saturated rings. The zero-order valence-electron chi connectivity index (χ0n) is 8.60. The first-order chi connectivity index (χ1) is 6.75. The fraction of sp³-hybridized carbons (Fsp3) is 0.556. The third kappa shape index (κ3) is 6.36. The van der Waals surface area contributed by atoms with Gasteiger partial charge in [0.05, 0.1) is 6.54 Å². The predicted molar refractivity (Wildman–Crippen MR) is 58.9 cm³/mol. The second-order valence-corrected chi connectivity index (χ2v) is 4.77. The number of esters is 1. The lowest BCUT2D eigenvalue weighted by Crippen LogP contribution is -2.38. The third-order valence-electron chi connectivity index (χ3n) is 1.37. The van der Waals surface area contributed by atoms with Crippen molar-refractivity contribution in [3.05, 3.63) is 12.2 Å². The number of nitrogens with one attached hydrogen (secondary N) is 1. The van der Waals surface area contributed by atoms with E-state index in [9.17, 15) is 9.59 Å². The van der Waals surface area contributed by atoms with Gasteiger partial charge in [0.15, 0.2) is 4.33 Å². The van der Waals surface area contributed by atoms with E-state index < -0.39 is 16.2 Å². The maximum Gasteiger partial charge on any atom is 0.333 e. The molecule has 15 heavy (non-hydrogen) atoms. The summed E-state index contributed by atoms with van der Waals surface area (Å²) in [5.74, 6) is -1.03. The average Bonchev–Trinajstić information content (AvgIpc) is 2.09. The van der Waals surface area contributed by atoms with Gasteiger partial charge >= 0.3 is 5.97 Å². The molecule has 1 N–H and O–H groups in total. The van der Waals surface area contributed by atoms with Crippen molar-refractivity contribution in [3.8, 4) is 0 Å². The molecule has 0 aromatic heterocycles. The van der Waals surface area contributed by atoms with Crippen LogP contribution in [0.5, 0.6) is 0 Å². The molecule has 6 heteroatoms. The number of hydrogen-bond donors (Lipinski definition) is 1. The Morgan fingerprint density at radius 1 is 1.47 bits per heavy atom. The molecular formula is C9H13Cl2NO3. The standard InChI is InChI=1S/C9H13Cl2NO3/c1-6(2)7(13)15-5-4-12-8(14)9(3,10)11/h1,4-5H2,2-3H3,(H,12,14). The van der Waals surface area contributed by atoms with Crippen molar-refractivity contribution in [1.82, 2.24) is 5.32 Å². The van der Waals surface area contributed by atoms with Crippen molar-refractivity contribution in [2.75, 3.05) is 13.2 Å². The molecule has 0 aliphatic heterocycles. The van der Waals surface area contributed by atoms with Crippen LogP contribution in [0.15, 0.2) is 12.2 Å². The molecule has 0 unspecified atom stereocenters. The van der Waals surface area contributed by atoms with Gasteiger partial charge in [0.2, 0.25) is 0 Å². The number of amides is 1. The van der Waals surface area contributed by atoms with Gasteiger partial charge in [-0.25, -0.2) is 4.79 Å². The molecule has 0 saturated heterocycles. The van der Waals surface area contributed by atoms with Crippen molar-refractivity contribution < 1.29 is 14.3 Å². The Morgan fingerprint density at radius 3 is 2.40 bits per heavy atom. The summed E-state index contributed by atoms with van der Waals surface area (Å²) >= 11 is 11.0. The van der Waals surface area contributed by atoms with Crippen LogP contribution in [0.2, 0.25) is 0 Å². The Bertz CT molecular complexity index is 271. The van der Waals surface area contributed by atoms with Gasteiger partial charge in [-0.15, -0.1) is 0 Å². The lowest BCUT2D eigenvalue weighted by atomic mass is 10.4. The second kappa shape index (κ2) is 5.98. The minimum Gasteiger partial charge on any atom is -0.460 e. The Hall–Kier alpha value is -0.740. The summed E-state index contributed by atoms with van der Waals surface area (Å²) in [5, 5.41) is 2.41. The van der Waals surface area contributed by atoms with Crippen LogP contribution in [0.4, 0.5) is 0 Å². The molecule has 0 radical (unpaired) electrons. The lowest BCUT2D eigenvalue weighted by molar-refractivity contribution is -0.139. The van der Waals surface area contributed by atoms with Crippen LogP contribution in [-0.4, -0.2) is 29.4 Å². The summed E-state index contributed by atoms with van der Waals surface area (Å²) in [5.41, 5.74) is 0.306. The fourth-order valence-corrected chi connectivity index (χ4v) is 0.720. The number of carbonyl (C=O) groups is 2. The van der Waals surface area contributed by atoms with E-state index >= 15 is 0 Å². The van der Waals surface area contributed by atoms with E-state index in [1.807, 2.05) is 0 Å². The molecule has 0 saturated carbocycles. The largest absolute Gasteiger partial charge is 0.460 e. The number of alkyl halides is 2.